The van der Waals surface area contributed by atoms with E-state index in [4.69, 9.17) is 0 Å². The summed E-state index contributed by atoms with van der Waals surface area (Å²) in [6, 6.07) is 85.8. The fourth-order valence-electron chi connectivity index (χ4n) is 10.7. The molecule has 0 aliphatic rings. The third kappa shape index (κ3) is 5.20. The first-order chi connectivity index (χ1) is 30.8. The van der Waals surface area contributed by atoms with Gasteiger partial charge in [0.25, 0.3) is 0 Å². The Morgan fingerprint density at radius 2 is 0.548 bits per heavy atom. The van der Waals surface area contributed by atoms with E-state index in [-0.39, 0.29) is 0 Å². The van der Waals surface area contributed by atoms with E-state index in [2.05, 4.69) is 231 Å². The van der Waals surface area contributed by atoms with Gasteiger partial charge in [-0.2, -0.15) is 0 Å². The molecular weight excluding hydrogens is 745 g/mol. The van der Waals surface area contributed by atoms with E-state index in [0.717, 1.165) is 0 Å². The van der Waals surface area contributed by atoms with Crippen molar-refractivity contribution in [3.63, 3.8) is 0 Å². The molecule has 13 aromatic rings. The van der Waals surface area contributed by atoms with Crippen molar-refractivity contribution in [3.8, 4) is 55.6 Å². The third-order valence-electron chi connectivity index (χ3n) is 13.3. The zero-order valence-electron chi connectivity index (χ0n) is 33.9. The molecule has 0 heterocycles. The van der Waals surface area contributed by atoms with Crippen LogP contribution in [0.2, 0.25) is 0 Å². The van der Waals surface area contributed by atoms with Crippen LogP contribution >= 0.6 is 0 Å². The lowest BCUT2D eigenvalue weighted by atomic mass is 9.77. The number of hydrogen-bond donors (Lipinski definition) is 0. The molecule has 0 atom stereocenters. The van der Waals surface area contributed by atoms with Gasteiger partial charge in [-0.3, -0.25) is 0 Å². The number of fused-ring (bicyclic) bond motifs is 6. The molecular formula is C62H38. The van der Waals surface area contributed by atoms with Gasteiger partial charge in [0.05, 0.1) is 0 Å². The lowest BCUT2D eigenvalue weighted by molar-refractivity contribution is 1.61. The van der Waals surface area contributed by atoms with E-state index >= 15 is 0 Å². The van der Waals surface area contributed by atoms with Gasteiger partial charge in [0, 0.05) is 0 Å². The Labute approximate surface area is 359 Å². The first-order valence-corrected chi connectivity index (χ1v) is 21.6. The molecule has 0 unspecified atom stereocenters. The maximum absolute atomic E-state index is 2.46. The van der Waals surface area contributed by atoms with Crippen LogP contribution in [-0.2, 0) is 0 Å². The highest BCUT2D eigenvalue weighted by Crippen LogP contribution is 2.55. The highest BCUT2D eigenvalue weighted by Gasteiger charge is 2.27. The molecule has 0 bridgehead atoms. The predicted octanol–water partition coefficient (Wildman–Crippen LogP) is 17.5. The van der Waals surface area contributed by atoms with Crippen LogP contribution in [0.3, 0.4) is 0 Å². The van der Waals surface area contributed by atoms with E-state index in [9.17, 15) is 0 Å². The van der Waals surface area contributed by atoms with Gasteiger partial charge in [0.2, 0.25) is 0 Å². The summed E-state index contributed by atoms with van der Waals surface area (Å²) in [4.78, 5) is 0. The Morgan fingerprint density at radius 3 is 1.08 bits per heavy atom. The van der Waals surface area contributed by atoms with Crippen molar-refractivity contribution in [2.24, 2.45) is 0 Å². The summed E-state index contributed by atoms with van der Waals surface area (Å²) < 4.78 is 0. The molecule has 13 rings (SSSR count). The molecule has 0 saturated heterocycles. The zero-order chi connectivity index (χ0) is 40.7. The molecule has 0 N–H and O–H groups in total. The Bertz CT molecular complexity index is 3880. The quantitative estimate of drug-likeness (QED) is 0.120. The Kier molecular flexibility index (Phi) is 7.71. The number of hydrogen-bond acceptors (Lipinski definition) is 0. The first-order valence-electron chi connectivity index (χ1n) is 21.6. The largest absolute Gasteiger partial charge is 0.0622 e. The minimum absolute atomic E-state index is 1.21. The Hall–Kier alpha value is -8.06. The van der Waals surface area contributed by atoms with Crippen molar-refractivity contribution in [2.45, 2.75) is 0 Å². The molecule has 286 valence electrons. The van der Waals surface area contributed by atoms with Gasteiger partial charge >= 0.3 is 0 Å². The molecule has 0 aliphatic carbocycles. The van der Waals surface area contributed by atoms with Crippen LogP contribution in [-0.4, -0.2) is 0 Å². The van der Waals surface area contributed by atoms with Crippen molar-refractivity contribution in [2.75, 3.05) is 0 Å². The Balaban J connectivity index is 1.32. The second-order valence-electron chi connectivity index (χ2n) is 16.7. The standard InChI is InChI=1S/C62H38/c1-4-17-39(18-5-1)44-27-14-28-47(35-44)57-53-37-45-25-12-13-26-46(45)38-54(53)58(48-34-33-40-19-10-11-24-43(40)36-48)62-52-32-16-30-50-56(42-22-8-3-9-23-42)55(41-20-6-2-7-21-41)49-29-15-31-51(61(57)62)59(49)60(50)52/h1-38H. The van der Waals surface area contributed by atoms with Crippen molar-refractivity contribution < 1.29 is 0 Å². The van der Waals surface area contributed by atoms with Crippen LogP contribution < -0.4 is 0 Å². The van der Waals surface area contributed by atoms with Crippen LogP contribution in [0.1, 0.15) is 0 Å². The van der Waals surface area contributed by atoms with Crippen LogP contribution in [0, 0.1) is 0 Å². The maximum Gasteiger partial charge on any atom is -0.000740 e. The lowest BCUT2D eigenvalue weighted by Crippen LogP contribution is -1.98. The predicted molar refractivity (Wildman–Crippen MR) is 267 cm³/mol. The first kappa shape index (κ1) is 34.8. The van der Waals surface area contributed by atoms with Crippen molar-refractivity contribution >= 4 is 75.4 Å². The second-order valence-corrected chi connectivity index (χ2v) is 16.7. The highest BCUT2D eigenvalue weighted by atomic mass is 14.3. The topological polar surface area (TPSA) is 0 Å². The SMILES string of the molecule is c1ccc(-c2cccc(-c3c4cc5ccccc5cc4c(-c4ccc5ccccc5c4)c4c5cccc6c(-c7ccccc7)c(-c7ccccc7)c7cccc(c34)c7c65)c2)cc1. The second kappa shape index (κ2) is 13.7. The average molecular weight is 783 g/mol. The number of rotatable bonds is 5. The van der Waals surface area contributed by atoms with Crippen molar-refractivity contribution in [1.29, 1.82) is 0 Å². The van der Waals surface area contributed by atoms with Gasteiger partial charge < -0.3 is 0 Å². The lowest BCUT2D eigenvalue weighted by Gasteiger charge is -2.26. The van der Waals surface area contributed by atoms with Gasteiger partial charge in [-0.15, -0.1) is 0 Å². The average Bonchev–Trinajstić information content (AvgIpc) is 3.35. The van der Waals surface area contributed by atoms with Gasteiger partial charge in [0.1, 0.15) is 0 Å². The van der Waals surface area contributed by atoms with E-state index in [0.29, 0.717) is 0 Å². The van der Waals surface area contributed by atoms with Crippen molar-refractivity contribution in [1.82, 2.24) is 0 Å². The minimum Gasteiger partial charge on any atom is -0.0622 e. The molecule has 0 nitrogen and oxygen atoms in total. The van der Waals surface area contributed by atoms with Crippen LogP contribution in [0.15, 0.2) is 231 Å². The molecule has 0 aliphatic heterocycles. The summed E-state index contributed by atoms with van der Waals surface area (Å²) in [5.41, 5.74) is 12.4. The smallest absolute Gasteiger partial charge is 0.000740 e. The van der Waals surface area contributed by atoms with E-state index in [1.165, 1.54) is 131 Å². The normalized spacial score (nSPS) is 11.9. The minimum atomic E-state index is 1.21. The summed E-state index contributed by atoms with van der Waals surface area (Å²) in [5, 5.41) is 17.8. The Morgan fingerprint density at radius 1 is 0.161 bits per heavy atom. The molecule has 0 fully saturated rings. The van der Waals surface area contributed by atoms with Gasteiger partial charge in [-0.1, -0.05) is 206 Å². The molecule has 0 amide bonds. The third-order valence-corrected chi connectivity index (χ3v) is 13.3. The fourth-order valence-corrected chi connectivity index (χ4v) is 10.7. The van der Waals surface area contributed by atoms with Crippen LogP contribution in [0.5, 0.6) is 0 Å². The van der Waals surface area contributed by atoms with E-state index in [1.54, 1.807) is 0 Å². The van der Waals surface area contributed by atoms with Crippen molar-refractivity contribution in [3.05, 3.63) is 231 Å². The summed E-state index contributed by atoms with van der Waals surface area (Å²) in [6.07, 6.45) is 0. The molecule has 62 heavy (non-hydrogen) atoms. The highest BCUT2D eigenvalue weighted by molar-refractivity contribution is 6.43. The zero-order valence-corrected chi connectivity index (χ0v) is 33.9. The summed E-state index contributed by atoms with van der Waals surface area (Å²) in [7, 11) is 0. The molecule has 0 saturated carbocycles. The summed E-state index contributed by atoms with van der Waals surface area (Å²) in [5.74, 6) is 0. The molecule has 0 spiro atoms. The van der Waals surface area contributed by atoms with Gasteiger partial charge in [-0.05, 0) is 155 Å². The van der Waals surface area contributed by atoms with Crippen LogP contribution in [0.4, 0.5) is 0 Å². The molecule has 13 aromatic carbocycles. The summed E-state index contributed by atoms with van der Waals surface area (Å²) >= 11 is 0. The van der Waals surface area contributed by atoms with E-state index in [1.807, 2.05) is 0 Å². The van der Waals surface area contributed by atoms with Crippen LogP contribution in [0.25, 0.3) is 131 Å². The molecule has 0 aromatic heterocycles. The van der Waals surface area contributed by atoms with E-state index < -0.39 is 0 Å². The monoisotopic (exact) mass is 782 g/mol. The van der Waals surface area contributed by atoms with Gasteiger partial charge in [0.15, 0.2) is 0 Å². The maximum atomic E-state index is 2.46. The summed E-state index contributed by atoms with van der Waals surface area (Å²) in [6.45, 7) is 0. The van der Waals surface area contributed by atoms with Gasteiger partial charge in [-0.25, -0.2) is 0 Å². The molecule has 0 heteroatoms. The number of benzene rings is 13. The fraction of sp³-hybridized carbons (Fsp3) is 0. The molecule has 0 radical (unpaired) electrons.